The Morgan fingerprint density at radius 3 is 2.14 bits per heavy atom. The number of benzene rings is 1. The molecule has 5 heteroatoms. The van der Waals surface area contributed by atoms with E-state index in [1.165, 1.54) is 0 Å². The Balaban J connectivity index is 3.25. The summed E-state index contributed by atoms with van der Waals surface area (Å²) >= 11 is 0. The van der Waals surface area contributed by atoms with E-state index in [-0.39, 0.29) is 6.42 Å². The molecule has 1 aromatic carbocycles. The van der Waals surface area contributed by atoms with Gasteiger partial charge in [-0.05, 0) is 17.6 Å². The molecule has 0 nitrogen and oxygen atoms in total. The summed E-state index contributed by atoms with van der Waals surface area (Å²) in [6.07, 6.45) is -2.90. The molecule has 0 atom stereocenters. The molecule has 0 spiro atoms. The minimum Gasteiger partial charge on any atom is -0.204 e. The highest BCUT2D eigenvalue weighted by atomic mass is 28.3. The first kappa shape index (κ1) is 18.7. The number of allylic oxidation sites excluding steroid dienone is 3. The zero-order chi connectivity index (χ0) is 17.0. The van der Waals surface area contributed by atoms with E-state index >= 15 is 0 Å². The molecule has 0 amide bonds. The summed E-state index contributed by atoms with van der Waals surface area (Å²) in [5, 5.41) is 0.934. The van der Waals surface area contributed by atoms with Gasteiger partial charge in [-0.25, -0.2) is 17.6 Å². The van der Waals surface area contributed by atoms with Crippen molar-refractivity contribution < 1.29 is 17.6 Å². The third-order valence-corrected chi connectivity index (χ3v) is 5.61. The lowest BCUT2D eigenvalue weighted by molar-refractivity contribution is -0.131. The van der Waals surface area contributed by atoms with Crippen LogP contribution in [0.2, 0.25) is 19.6 Å². The molecule has 0 heterocycles. The summed E-state index contributed by atoms with van der Waals surface area (Å²) in [4.78, 5) is 0. The molecule has 22 heavy (non-hydrogen) atoms. The van der Waals surface area contributed by atoms with Gasteiger partial charge in [-0.15, -0.1) is 0 Å². The van der Waals surface area contributed by atoms with E-state index in [9.17, 15) is 17.6 Å². The highest BCUT2D eigenvalue weighted by Crippen LogP contribution is 2.35. The fraction of sp³-hybridized carbons (Fsp3) is 0.412. The molecule has 0 saturated heterocycles. The summed E-state index contributed by atoms with van der Waals surface area (Å²) in [6.45, 7) is 10.0. The van der Waals surface area contributed by atoms with Crippen LogP contribution in [0.5, 0.6) is 0 Å². The van der Waals surface area contributed by atoms with Gasteiger partial charge in [0.25, 0.3) is 0 Å². The van der Waals surface area contributed by atoms with Crippen LogP contribution in [0.15, 0.2) is 48.2 Å². The number of halogens is 4. The fourth-order valence-corrected chi connectivity index (χ4v) is 4.14. The maximum Gasteiger partial charge on any atom is 0.307 e. The minimum atomic E-state index is -3.97. The van der Waals surface area contributed by atoms with Gasteiger partial charge < -0.3 is 0 Å². The minimum absolute atomic E-state index is 0.0903. The van der Waals surface area contributed by atoms with Gasteiger partial charge in [0, 0.05) is 6.42 Å². The van der Waals surface area contributed by atoms with E-state index < -0.39 is 26.8 Å². The highest BCUT2D eigenvalue weighted by Gasteiger charge is 2.40. The normalized spacial score (nSPS) is 14.0. The van der Waals surface area contributed by atoms with Crippen LogP contribution in [-0.4, -0.2) is 20.4 Å². The zero-order valence-corrected chi connectivity index (χ0v) is 14.2. The molecule has 0 aliphatic heterocycles. The second-order valence-corrected chi connectivity index (χ2v) is 11.3. The molecule has 0 saturated carbocycles. The van der Waals surface area contributed by atoms with Crippen molar-refractivity contribution in [2.75, 3.05) is 0 Å². The SMILES string of the molecule is C=C/C(=C(/CCC(F)(F)C(F)F)c1ccccc1)[Si](C)(C)C. The first-order chi connectivity index (χ1) is 10.1. The molecule has 0 radical (unpaired) electrons. The number of rotatable bonds is 7. The van der Waals surface area contributed by atoms with Gasteiger partial charge in [0.15, 0.2) is 0 Å². The molecule has 122 valence electrons. The lowest BCUT2D eigenvalue weighted by Crippen LogP contribution is -2.27. The summed E-state index contributed by atoms with van der Waals surface area (Å²) in [6, 6.07) is 9.09. The van der Waals surface area contributed by atoms with Crippen LogP contribution in [-0.2, 0) is 0 Å². The average molecular weight is 330 g/mol. The average Bonchev–Trinajstić information content (AvgIpc) is 2.42. The second kappa shape index (κ2) is 7.27. The van der Waals surface area contributed by atoms with Crippen molar-refractivity contribution in [2.24, 2.45) is 0 Å². The molecule has 0 aromatic heterocycles. The standard InChI is InChI=1S/C17H22F4Si/c1-5-15(22(2,3)4)14(13-9-7-6-8-10-13)11-12-17(20,21)16(18)19/h5-10,16H,1,11-12H2,2-4H3/b15-14+. The summed E-state index contributed by atoms with van der Waals surface area (Å²) in [7, 11) is -1.83. The molecule has 1 rings (SSSR count). The van der Waals surface area contributed by atoms with Crippen molar-refractivity contribution in [3.63, 3.8) is 0 Å². The van der Waals surface area contributed by atoms with Crippen molar-refractivity contribution >= 4 is 13.6 Å². The highest BCUT2D eigenvalue weighted by molar-refractivity contribution is 6.84. The monoisotopic (exact) mass is 330 g/mol. The molecule has 0 aliphatic rings. The van der Waals surface area contributed by atoms with Crippen molar-refractivity contribution in [1.29, 1.82) is 0 Å². The van der Waals surface area contributed by atoms with Crippen LogP contribution in [0.1, 0.15) is 18.4 Å². The Kier molecular flexibility index (Phi) is 6.17. The Hall–Kier alpha value is -1.36. The largest absolute Gasteiger partial charge is 0.307 e. The van der Waals surface area contributed by atoms with Gasteiger partial charge in [-0.1, -0.05) is 67.8 Å². The third-order valence-electron chi connectivity index (χ3n) is 3.49. The fourth-order valence-electron chi connectivity index (χ4n) is 2.36. The predicted molar refractivity (Wildman–Crippen MR) is 87.1 cm³/mol. The van der Waals surface area contributed by atoms with Crippen LogP contribution < -0.4 is 0 Å². The maximum absolute atomic E-state index is 13.3. The van der Waals surface area contributed by atoms with Gasteiger partial charge in [0.05, 0.1) is 8.07 Å². The van der Waals surface area contributed by atoms with Crippen molar-refractivity contribution in [2.45, 2.75) is 44.8 Å². The summed E-state index contributed by atoms with van der Waals surface area (Å²) in [5.74, 6) is -3.97. The number of hydrogen-bond donors (Lipinski definition) is 0. The van der Waals surface area contributed by atoms with Crippen molar-refractivity contribution in [3.05, 3.63) is 53.7 Å². The zero-order valence-electron chi connectivity index (χ0n) is 13.2. The molecule has 0 bridgehead atoms. The van der Waals surface area contributed by atoms with Gasteiger partial charge in [0.1, 0.15) is 0 Å². The first-order valence-electron chi connectivity index (χ1n) is 7.17. The lowest BCUT2D eigenvalue weighted by atomic mass is 9.98. The summed E-state index contributed by atoms with van der Waals surface area (Å²) < 4.78 is 51.4. The second-order valence-electron chi connectivity index (χ2n) is 6.27. The third kappa shape index (κ3) is 4.83. The van der Waals surface area contributed by atoms with Crippen molar-refractivity contribution in [3.8, 4) is 0 Å². The lowest BCUT2D eigenvalue weighted by Gasteiger charge is -2.24. The van der Waals surface area contributed by atoms with Gasteiger partial charge >= 0.3 is 12.3 Å². The maximum atomic E-state index is 13.3. The Morgan fingerprint density at radius 1 is 1.18 bits per heavy atom. The van der Waals surface area contributed by atoms with Gasteiger partial charge in [-0.2, -0.15) is 0 Å². The predicted octanol–water partition coefficient (Wildman–Crippen LogP) is 6.18. The van der Waals surface area contributed by atoms with Gasteiger partial charge in [0.2, 0.25) is 0 Å². The van der Waals surface area contributed by atoms with Crippen LogP contribution in [0, 0.1) is 0 Å². The Morgan fingerprint density at radius 2 is 1.73 bits per heavy atom. The van der Waals surface area contributed by atoms with E-state index in [1.807, 2.05) is 30.3 Å². The molecule has 0 aliphatic carbocycles. The van der Waals surface area contributed by atoms with Crippen molar-refractivity contribution in [1.82, 2.24) is 0 Å². The molecule has 0 fully saturated rings. The summed E-state index contributed by atoms with van der Waals surface area (Å²) in [5.41, 5.74) is 1.50. The molecule has 1 aromatic rings. The molecule has 0 N–H and O–H groups in total. The van der Waals surface area contributed by atoms with E-state index in [4.69, 9.17) is 0 Å². The van der Waals surface area contributed by atoms with E-state index in [2.05, 4.69) is 26.2 Å². The van der Waals surface area contributed by atoms with E-state index in [1.54, 1.807) is 6.08 Å². The van der Waals surface area contributed by atoms with Crippen LogP contribution in [0.25, 0.3) is 5.57 Å². The number of alkyl halides is 4. The van der Waals surface area contributed by atoms with Gasteiger partial charge in [-0.3, -0.25) is 0 Å². The Bertz CT molecular complexity index is 527. The topological polar surface area (TPSA) is 0 Å². The van der Waals surface area contributed by atoms with E-state index in [0.717, 1.165) is 10.8 Å². The quantitative estimate of drug-likeness (QED) is 0.318. The smallest absolute Gasteiger partial charge is 0.204 e. The molecular weight excluding hydrogens is 308 g/mol. The van der Waals surface area contributed by atoms with Crippen LogP contribution in [0.4, 0.5) is 17.6 Å². The molecular formula is C17H22F4Si. The first-order valence-corrected chi connectivity index (χ1v) is 10.7. The Labute approximate surface area is 130 Å². The van der Waals surface area contributed by atoms with Crippen LogP contribution in [0.3, 0.4) is 0 Å². The number of hydrogen-bond acceptors (Lipinski definition) is 0. The van der Waals surface area contributed by atoms with E-state index in [0.29, 0.717) is 5.57 Å². The van der Waals surface area contributed by atoms with Crippen LogP contribution >= 0.6 is 0 Å². The molecule has 0 unspecified atom stereocenters.